The van der Waals surface area contributed by atoms with Gasteiger partial charge in [-0.15, -0.1) is 0 Å². The maximum absolute atomic E-state index is 12.5. The Morgan fingerprint density at radius 3 is 2.91 bits per heavy atom. The highest BCUT2D eigenvalue weighted by molar-refractivity contribution is 5.89. The molecular formula is C16H23N3O3. The van der Waals surface area contributed by atoms with E-state index in [9.17, 15) is 9.59 Å². The van der Waals surface area contributed by atoms with Crippen molar-refractivity contribution in [2.45, 2.75) is 45.6 Å². The van der Waals surface area contributed by atoms with Gasteiger partial charge in [-0.2, -0.15) is 0 Å². The van der Waals surface area contributed by atoms with Gasteiger partial charge in [0.05, 0.1) is 12.5 Å². The predicted molar refractivity (Wildman–Crippen MR) is 80.0 cm³/mol. The third-order valence-corrected chi connectivity index (χ3v) is 4.74. The van der Waals surface area contributed by atoms with Gasteiger partial charge in [0.25, 0.3) is 0 Å². The summed E-state index contributed by atoms with van der Waals surface area (Å²) in [6, 6.07) is 0. The largest absolute Gasteiger partial charge is 0.361 e. The minimum Gasteiger partial charge on any atom is -0.361 e. The van der Waals surface area contributed by atoms with Gasteiger partial charge < -0.3 is 14.3 Å². The average Bonchev–Trinajstić information content (AvgIpc) is 3.10. The van der Waals surface area contributed by atoms with Crippen molar-refractivity contribution in [2.75, 3.05) is 20.1 Å². The average molecular weight is 305 g/mol. The van der Waals surface area contributed by atoms with Crippen LogP contribution in [-0.2, 0) is 29.0 Å². The summed E-state index contributed by atoms with van der Waals surface area (Å²) in [5, 5.41) is 4.15. The molecule has 1 saturated heterocycles. The van der Waals surface area contributed by atoms with Crippen LogP contribution in [-0.4, -0.2) is 46.9 Å². The zero-order valence-electron chi connectivity index (χ0n) is 13.3. The Labute approximate surface area is 130 Å². The Morgan fingerprint density at radius 1 is 1.41 bits per heavy atom. The van der Waals surface area contributed by atoms with E-state index in [1.165, 1.54) is 5.56 Å². The number of likely N-dealkylation sites (tertiary alicyclic amines) is 1. The summed E-state index contributed by atoms with van der Waals surface area (Å²) in [7, 11) is 1.78. The van der Waals surface area contributed by atoms with Crippen molar-refractivity contribution in [3.8, 4) is 0 Å². The number of fused-ring (bicyclic) bond motifs is 1. The molecule has 2 amide bonds. The standard InChI is InChI=1S/C16H23N3O3/c1-3-19-9-11(8-15(19)20)16(21)18(2)10-13-12-6-4-5-7-14(12)22-17-13/h11H,3-10H2,1-2H3/t11-/m1/s1. The lowest BCUT2D eigenvalue weighted by Gasteiger charge is -2.21. The van der Waals surface area contributed by atoms with Crippen LogP contribution in [0.3, 0.4) is 0 Å². The van der Waals surface area contributed by atoms with Gasteiger partial charge in [0, 0.05) is 38.5 Å². The molecule has 2 aliphatic rings. The molecule has 120 valence electrons. The van der Waals surface area contributed by atoms with Crippen molar-refractivity contribution in [1.82, 2.24) is 15.0 Å². The minimum atomic E-state index is -0.222. The molecule has 1 aliphatic heterocycles. The zero-order valence-corrected chi connectivity index (χ0v) is 13.3. The smallest absolute Gasteiger partial charge is 0.228 e. The van der Waals surface area contributed by atoms with E-state index in [1.54, 1.807) is 16.8 Å². The first-order chi connectivity index (χ1) is 10.6. The van der Waals surface area contributed by atoms with Crippen LogP contribution >= 0.6 is 0 Å². The van der Waals surface area contributed by atoms with Crippen molar-refractivity contribution >= 4 is 11.8 Å². The van der Waals surface area contributed by atoms with Crippen molar-refractivity contribution in [3.63, 3.8) is 0 Å². The Hall–Kier alpha value is -1.85. The highest BCUT2D eigenvalue weighted by Crippen LogP contribution is 2.26. The number of hydrogen-bond donors (Lipinski definition) is 0. The molecule has 0 aromatic carbocycles. The number of amides is 2. The van der Waals surface area contributed by atoms with Gasteiger partial charge in [-0.25, -0.2) is 0 Å². The molecule has 1 aromatic rings. The van der Waals surface area contributed by atoms with Gasteiger partial charge in [0.1, 0.15) is 11.5 Å². The molecule has 2 heterocycles. The fraction of sp³-hybridized carbons (Fsp3) is 0.688. The Morgan fingerprint density at radius 2 is 2.18 bits per heavy atom. The monoisotopic (exact) mass is 305 g/mol. The molecule has 0 spiro atoms. The second-order valence-electron chi connectivity index (χ2n) is 6.27. The number of hydrogen-bond acceptors (Lipinski definition) is 4. The molecule has 0 unspecified atom stereocenters. The van der Waals surface area contributed by atoms with Crippen LogP contribution in [0.25, 0.3) is 0 Å². The lowest BCUT2D eigenvalue weighted by atomic mass is 9.96. The lowest BCUT2D eigenvalue weighted by molar-refractivity contribution is -0.135. The van der Waals surface area contributed by atoms with Crippen LogP contribution in [0.2, 0.25) is 0 Å². The third-order valence-electron chi connectivity index (χ3n) is 4.74. The Kier molecular flexibility index (Phi) is 4.18. The van der Waals surface area contributed by atoms with Crippen LogP contribution < -0.4 is 0 Å². The molecule has 1 aromatic heterocycles. The molecule has 0 saturated carbocycles. The van der Waals surface area contributed by atoms with Crippen molar-refractivity contribution in [3.05, 3.63) is 17.0 Å². The molecule has 1 fully saturated rings. The van der Waals surface area contributed by atoms with E-state index >= 15 is 0 Å². The first kappa shape index (κ1) is 15.1. The highest BCUT2D eigenvalue weighted by Gasteiger charge is 2.35. The maximum Gasteiger partial charge on any atom is 0.228 e. The summed E-state index contributed by atoms with van der Waals surface area (Å²) in [5.74, 6) is 0.861. The summed E-state index contributed by atoms with van der Waals surface area (Å²) < 4.78 is 5.39. The summed E-state index contributed by atoms with van der Waals surface area (Å²) in [6.07, 6.45) is 4.56. The number of rotatable bonds is 4. The van der Waals surface area contributed by atoms with Gasteiger partial charge in [0.2, 0.25) is 11.8 Å². The Balaban J connectivity index is 1.65. The molecule has 0 radical (unpaired) electrons. The van der Waals surface area contributed by atoms with Crippen LogP contribution in [0.1, 0.15) is 43.2 Å². The highest BCUT2D eigenvalue weighted by atomic mass is 16.5. The quantitative estimate of drug-likeness (QED) is 0.843. The fourth-order valence-corrected chi connectivity index (χ4v) is 3.43. The number of aryl methyl sites for hydroxylation is 1. The molecule has 6 heteroatoms. The van der Waals surface area contributed by atoms with Crippen molar-refractivity contribution in [1.29, 1.82) is 0 Å². The van der Waals surface area contributed by atoms with Crippen LogP contribution in [0.4, 0.5) is 0 Å². The normalized spacial score (nSPS) is 21.1. The van der Waals surface area contributed by atoms with Crippen LogP contribution in [0, 0.1) is 5.92 Å². The van der Waals surface area contributed by atoms with Crippen LogP contribution in [0.15, 0.2) is 4.52 Å². The van der Waals surface area contributed by atoms with E-state index in [4.69, 9.17) is 4.52 Å². The molecule has 1 atom stereocenters. The minimum absolute atomic E-state index is 0.0249. The van der Waals surface area contributed by atoms with Crippen molar-refractivity contribution in [2.24, 2.45) is 5.92 Å². The molecule has 6 nitrogen and oxygen atoms in total. The molecular weight excluding hydrogens is 282 g/mol. The number of nitrogens with zero attached hydrogens (tertiary/aromatic N) is 3. The van der Waals surface area contributed by atoms with E-state index in [0.717, 1.165) is 37.1 Å². The van der Waals surface area contributed by atoms with Crippen LogP contribution in [0.5, 0.6) is 0 Å². The van der Waals surface area contributed by atoms with E-state index in [1.807, 2.05) is 6.92 Å². The SMILES string of the molecule is CCN1C[C@H](C(=O)N(C)Cc2noc3c2CCCC3)CC1=O. The molecule has 0 N–H and O–H groups in total. The van der Waals surface area contributed by atoms with E-state index < -0.39 is 0 Å². The number of aromatic nitrogens is 1. The van der Waals surface area contributed by atoms with E-state index in [2.05, 4.69) is 5.16 Å². The summed E-state index contributed by atoms with van der Waals surface area (Å²) in [5.41, 5.74) is 2.06. The third kappa shape index (κ3) is 2.74. The van der Waals surface area contributed by atoms with E-state index in [-0.39, 0.29) is 17.7 Å². The maximum atomic E-state index is 12.5. The molecule has 3 rings (SSSR count). The number of carbonyl (C=O) groups excluding carboxylic acids is 2. The van der Waals surface area contributed by atoms with Gasteiger partial charge in [-0.05, 0) is 26.2 Å². The van der Waals surface area contributed by atoms with E-state index in [0.29, 0.717) is 26.1 Å². The lowest BCUT2D eigenvalue weighted by Crippen LogP contribution is -2.34. The first-order valence-corrected chi connectivity index (χ1v) is 8.09. The topological polar surface area (TPSA) is 66.7 Å². The van der Waals surface area contributed by atoms with Gasteiger partial charge in [0.15, 0.2) is 0 Å². The zero-order chi connectivity index (χ0) is 15.7. The summed E-state index contributed by atoms with van der Waals surface area (Å²) >= 11 is 0. The number of carbonyl (C=O) groups is 2. The first-order valence-electron chi connectivity index (χ1n) is 8.09. The molecule has 22 heavy (non-hydrogen) atoms. The Bertz CT molecular complexity index is 581. The second kappa shape index (κ2) is 6.10. The van der Waals surface area contributed by atoms with Gasteiger partial charge in [-0.1, -0.05) is 5.16 Å². The summed E-state index contributed by atoms with van der Waals surface area (Å²) in [6.45, 7) is 3.61. The fourth-order valence-electron chi connectivity index (χ4n) is 3.43. The second-order valence-corrected chi connectivity index (χ2v) is 6.27. The molecule has 0 bridgehead atoms. The van der Waals surface area contributed by atoms with Gasteiger partial charge >= 0.3 is 0 Å². The van der Waals surface area contributed by atoms with Gasteiger partial charge in [-0.3, -0.25) is 9.59 Å². The molecule has 1 aliphatic carbocycles. The summed E-state index contributed by atoms with van der Waals surface area (Å²) in [4.78, 5) is 27.7. The predicted octanol–water partition coefficient (Wildman–Crippen LogP) is 1.38. The van der Waals surface area contributed by atoms with Crippen molar-refractivity contribution < 1.29 is 14.1 Å².